The molecule has 2 heteroatoms. The zero-order valence-electron chi connectivity index (χ0n) is 15.4. The van der Waals surface area contributed by atoms with Crippen molar-refractivity contribution in [3.8, 4) is 12.3 Å². The molecule has 0 unspecified atom stereocenters. The summed E-state index contributed by atoms with van der Waals surface area (Å²) in [5.41, 5.74) is 2.79. The number of aliphatic hydroxyl groups excluding tert-OH is 2. The van der Waals surface area contributed by atoms with Gasteiger partial charge in [-0.3, -0.25) is 0 Å². The molecule has 0 aromatic rings. The van der Waals surface area contributed by atoms with E-state index >= 15 is 0 Å². The van der Waals surface area contributed by atoms with Gasteiger partial charge in [0.1, 0.15) is 5.76 Å². The Hall–Kier alpha value is -1.88. The van der Waals surface area contributed by atoms with Crippen molar-refractivity contribution in [3.63, 3.8) is 0 Å². The van der Waals surface area contributed by atoms with Gasteiger partial charge in [-0.05, 0) is 57.4 Å². The van der Waals surface area contributed by atoms with E-state index in [1.165, 1.54) is 18.4 Å². The van der Waals surface area contributed by atoms with Gasteiger partial charge in [0.25, 0.3) is 0 Å². The molecule has 24 heavy (non-hydrogen) atoms. The van der Waals surface area contributed by atoms with Gasteiger partial charge in [0.2, 0.25) is 0 Å². The van der Waals surface area contributed by atoms with Gasteiger partial charge in [-0.1, -0.05) is 50.0 Å². The van der Waals surface area contributed by atoms with E-state index in [1.54, 1.807) is 6.08 Å². The number of terminal acetylenes is 1. The molecule has 0 heterocycles. The number of hydrogen-bond acceptors (Lipinski definition) is 2. The Labute approximate surface area is 147 Å². The van der Waals surface area contributed by atoms with E-state index in [1.807, 2.05) is 6.92 Å². The van der Waals surface area contributed by atoms with Crippen molar-refractivity contribution < 1.29 is 10.2 Å². The fourth-order valence-corrected chi connectivity index (χ4v) is 3.35. The third-order valence-electron chi connectivity index (χ3n) is 4.78. The zero-order chi connectivity index (χ0) is 18.1. The lowest BCUT2D eigenvalue weighted by Crippen LogP contribution is -2.22. The Balaban J connectivity index is 3.08. The minimum atomic E-state index is -0.167. The summed E-state index contributed by atoms with van der Waals surface area (Å²) >= 11 is 0. The minimum Gasteiger partial charge on any atom is -0.508 e. The Morgan fingerprint density at radius 3 is 2.67 bits per heavy atom. The minimum absolute atomic E-state index is 0.112. The SMILES string of the molecule is C#C/C(O)=C(\C(O)=C/CCCCCC)[C@@H]1C=C(C)CC[C@H]1C(=C)C. The molecule has 1 rings (SSSR count). The van der Waals surface area contributed by atoms with E-state index in [0.29, 0.717) is 5.57 Å². The number of allylic oxidation sites excluding steroid dienone is 6. The van der Waals surface area contributed by atoms with Gasteiger partial charge in [-0.25, -0.2) is 0 Å². The van der Waals surface area contributed by atoms with Crippen LogP contribution in [0.1, 0.15) is 65.7 Å². The van der Waals surface area contributed by atoms with Crippen molar-refractivity contribution in [1.82, 2.24) is 0 Å². The smallest absolute Gasteiger partial charge is 0.174 e. The Morgan fingerprint density at radius 1 is 1.38 bits per heavy atom. The third-order valence-corrected chi connectivity index (χ3v) is 4.78. The van der Waals surface area contributed by atoms with Crippen LogP contribution in [-0.4, -0.2) is 10.2 Å². The second kappa shape index (κ2) is 10.1. The van der Waals surface area contributed by atoms with Gasteiger partial charge in [-0.15, -0.1) is 6.42 Å². The molecular formula is C22H32O2. The van der Waals surface area contributed by atoms with Crippen LogP contribution in [0.2, 0.25) is 0 Å². The fraction of sp³-hybridized carbons (Fsp3) is 0.545. The van der Waals surface area contributed by atoms with Crippen LogP contribution < -0.4 is 0 Å². The molecule has 0 fully saturated rings. The van der Waals surface area contributed by atoms with Crippen LogP contribution in [0.3, 0.4) is 0 Å². The van der Waals surface area contributed by atoms with E-state index in [2.05, 4.69) is 32.4 Å². The molecule has 132 valence electrons. The molecule has 0 bridgehead atoms. The molecule has 1 aliphatic rings. The van der Waals surface area contributed by atoms with Gasteiger partial charge >= 0.3 is 0 Å². The van der Waals surface area contributed by atoms with Crippen molar-refractivity contribution >= 4 is 0 Å². The predicted molar refractivity (Wildman–Crippen MR) is 103 cm³/mol. The van der Waals surface area contributed by atoms with Crippen LogP contribution in [-0.2, 0) is 0 Å². The molecule has 0 saturated carbocycles. The quantitative estimate of drug-likeness (QED) is 0.178. The van der Waals surface area contributed by atoms with Crippen molar-refractivity contribution in [2.45, 2.75) is 65.7 Å². The number of hydrogen-bond donors (Lipinski definition) is 2. The summed E-state index contributed by atoms with van der Waals surface area (Å²) in [6.07, 6.45) is 16.7. The van der Waals surface area contributed by atoms with Crippen LogP contribution in [0.25, 0.3) is 0 Å². The highest BCUT2D eigenvalue weighted by molar-refractivity contribution is 5.42. The molecular weight excluding hydrogens is 296 g/mol. The maximum Gasteiger partial charge on any atom is 0.174 e. The molecule has 1 aliphatic carbocycles. The van der Waals surface area contributed by atoms with E-state index < -0.39 is 0 Å². The highest BCUT2D eigenvalue weighted by Gasteiger charge is 2.31. The van der Waals surface area contributed by atoms with E-state index in [4.69, 9.17) is 6.42 Å². The number of unbranched alkanes of at least 4 members (excludes halogenated alkanes) is 4. The van der Waals surface area contributed by atoms with Crippen molar-refractivity contribution in [2.75, 3.05) is 0 Å². The summed E-state index contributed by atoms with van der Waals surface area (Å²) in [6.45, 7) is 10.3. The van der Waals surface area contributed by atoms with Gasteiger partial charge in [-0.2, -0.15) is 0 Å². The van der Waals surface area contributed by atoms with Gasteiger partial charge in [0.05, 0.1) is 5.57 Å². The highest BCUT2D eigenvalue weighted by Crippen LogP contribution is 2.40. The van der Waals surface area contributed by atoms with E-state index in [0.717, 1.165) is 37.7 Å². The molecule has 0 saturated heterocycles. The lowest BCUT2D eigenvalue weighted by molar-refractivity contribution is 0.350. The summed E-state index contributed by atoms with van der Waals surface area (Å²) < 4.78 is 0. The maximum absolute atomic E-state index is 10.6. The zero-order valence-corrected chi connectivity index (χ0v) is 15.4. The average Bonchev–Trinajstić information content (AvgIpc) is 2.54. The van der Waals surface area contributed by atoms with Gasteiger partial charge < -0.3 is 10.2 Å². The molecule has 2 nitrogen and oxygen atoms in total. The lowest BCUT2D eigenvalue weighted by Gasteiger charge is -2.31. The first-order valence-corrected chi connectivity index (χ1v) is 9.04. The van der Waals surface area contributed by atoms with Crippen LogP contribution >= 0.6 is 0 Å². The second-order valence-corrected chi connectivity index (χ2v) is 6.88. The standard InChI is InChI=1S/C22H32O2/c1-6-8-9-10-11-12-21(24)22(20(23)7-2)19-15-17(5)13-14-18(19)16(3)4/h2,12,15,18-19,23-24H,3,6,8-11,13-14H2,1,4-5H3/b21-12+,22-20+/t18-,19+/m0/s1. The molecule has 0 aromatic carbocycles. The first kappa shape index (κ1) is 20.2. The molecule has 2 N–H and O–H groups in total. The van der Waals surface area contributed by atoms with Crippen molar-refractivity contribution in [2.24, 2.45) is 11.8 Å². The Morgan fingerprint density at radius 2 is 2.08 bits per heavy atom. The number of aliphatic hydroxyl groups is 2. The Bertz CT molecular complexity index is 569. The molecule has 0 aliphatic heterocycles. The number of rotatable bonds is 8. The molecule has 2 atom stereocenters. The second-order valence-electron chi connectivity index (χ2n) is 6.88. The molecule has 0 amide bonds. The lowest BCUT2D eigenvalue weighted by atomic mass is 9.73. The summed E-state index contributed by atoms with van der Waals surface area (Å²) in [5, 5.41) is 20.8. The normalized spacial score (nSPS) is 22.4. The summed E-state index contributed by atoms with van der Waals surface area (Å²) in [6, 6.07) is 0. The van der Waals surface area contributed by atoms with E-state index in [9.17, 15) is 10.2 Å². The fourth-order valence-electron chi connectivity index (χ4n) is 3.35. The van der Waals surface area contributed by atoms with Crippen LogP contribution in [0.4, 0.5) is 0 Å². The van der Waals surface area contributed by atoms with E-state index in [-0.39, 0.29) is 23.4 Å². The first-order valence-electron chi connectivity index (χ1n) is 9.04. The summed E-state index contributed by atoms with van der Waals surface area (Å²) in [7, 11) is 0. The molecule has 0 spiro atoms. The van der Waals surface area contributed by atoms with Gasteiger partial charge in [0.15, 0.2) is 5.76 Å². The highest BCUT2D eigenvalue weighted by atomic mass is 16.3. The van der Waals surface area contributed by atoms with Crippen molar-refractivity contribution in [3.05, 3.63) is 47.0 Å². The molecule has 0 aromatic heterocycles. The maximum atomic E-state index is 10.6. The van der Waals surface area contributed by atoms with Crippen LogP contribution in [0.15, 0.2) is 47.0 Å². The summed E-state index contributed by atoms with van der Waals surface area (Å²) in [4.78, 5) is 0. The monoisotopic (exact) mass is 328 g/mol. The van der Waals surface area contributed by atoms with Crippen molar-refractivity contribution in [1.29, 1.82) is 0 Å². The topological polar surface area (TPSA) is 40.5 Å². The average molecular weight is 328 g/mol. The third kappa shape index (κ3) is 5.64. The largest absolute Gasteiger partial charge is 0.508 e. The summed E-state index contributed by atoms with van der Waals surface area (Å²) in [5.74, 6) is 2.33. The molecule has 0 radical (unpaired) electrons. The van der Waals surface area contributed by atoms with Crippen LogP contribution in [0.5, 0.6) is 0 Å². The Kier molecular flexibility index (Phi) is 8.47. The first-order chi connectivity index (χ1) is 11.4. The van der Waals surface area contributed by atoms with Crippen LogP contribution in [0, 0.1) is 24.2 Å². The predicted octanol–water partition coefficient (Wildman–Crippen LogP) is 6.39. The van der Waals surface area contributed by atoms with Gasteiger partial charge in [0, 0.05) is 5.92 Å².